The van der Waals surface area contributed by atoms with E-state index in [0.717, 1.165) is 0 Å². The monoisotopic (exact) mass is 501 g/mol. The van der Waals surface area contributed by atoms with Crippen LogP contribution in [0.25, 0.3) is 0 Å². The smallest absolute Gasteiger partial charge is 0.306 e. The molecule has 0 heterocycles. The van der Waals surface area contributed by atoms with E-state index >= 15 is 4.39 Å². The molecule has 2 rings (SSSR count). The van der Waals surface area contributed by atoms with E-state index in [9.17, 15) is 19.5 Å². The Labute approximate surface area is 182 Å². The maximum Gasteiger partial charge on any atom is 0.376 e. The lowest BCUT2D eigenvalue weighted by molar-refractivity contribution is -0.485. The molecule has 30 heavy (non-hydrogen) atoms. The second-order valence-electron chi connectivity index (χ2n) is 6.32. The van der Waals surface area contributed by atoms with E-state index in [2.05, 4.69) is 15.9 Å². The van der Waals surface area contributed by atoms with Gasteiger partial charge in [-0.1, -0.05) is 58.4 Å². The summed E-state index contributed by atoms with van der Waals surface area (Å²) in [5.41, 5.74) is 0.0337. The number of nitro groups is 1. The fourth-order valence-electron chi connectivity index (χ4n) is 3.12. The molecule has 0 bridgehead atoms. The van der Waals surface area contributed by atoms with Crippen LogP contribution in [0.4, 0.5) is 4.39 Å². The Balaban J connectivity index is 2.78. The van der Waals surface area contributed by atoms with Crippen LogP contribution in [-0.4, -0.2) is 35.9 Å². The van der Waals surface area contributed by atoms with Gasteiger partial charge in [-0.15, -0.1) is 0 Å². The van der Waals surface area contributed by atoms with Crippen LogP contribution in [0.2, 0.25) is 0 Å². The summed E-state index contributed by atoms with van der Waals surface area (Å²) >= 11 is 3.25. The first-order chi connectivity index (χ1) is 14.2. The van der Waals surface area contributed by atoms with Gasteiger partial charge in [-0.2, -0.15) is 0 Å². The predicted octanol–water partition coefficient (Wildman–Crippen LogP) is 5.62. The molecule has 0 amide bonds. The number of carbonyl (C=O) groups excluding carboxylic acids is 1. The summed E-state index contributed by atoms with van der Waals surface area (Å²) in [6.07, 6.45) is 0. The van der Waals surface area contributed by atoms with Crippen LogP contribution in [-0.2, 0) is 13.6 Å². The maximum absolute atomic E-state index is 16.9. The van der Waals surface area contributed by atoms with Gasteiger partial charge >= 0.3 is 7.60 Å². The molecule has 0 saturated carbocycles. The number of halogens is 2. The van der Waals surface area contributed by atoms with Crippen molar-refractivity contribution >= 4 is 29.3 Å². The van der Waals surface area contributed by atoms with E-state index in [4.69, 9.17) is 9.05 Å². The molecular formula is C20H22BrFNO6P. The number of nitrogens with zero attached hydrogens (tertiary/aromatic N) is 1. The van der Waals surface area contributed by atoms with E-state index in [0.29, 0.717) is 4.47 Å². The standard InChI is InChI=1S/C20H22BrFNO6P/c1-3-28-30(27,29-4-2)20(22,19(24)16-8-6-5-7-9-16)18(14-23(25)26)15-10-12-17(21)13-11-15/h5-13,18H,3-4,14H2,1-2H3/t18-,20-/m1/s1. The van der Waals surface area contributed by atoms with Gasteiger partial charge in [0, 0.05) is 15.0 Å². The molecule has 7 nitrogen and oxygen atoms in total. The minimum atomic E-state index is -4.78. The third-order valence-electron chi connectivity index (χ3n) is 4.42. The van der Waals surface area contributed by atoms with Gasteiger partial charge in [0.15, 0.2) is 0 Å². The van der Waals surface area contributed by atoms with Crippen LogP contribution in [0.3, 0.4) is 0 Å². The second-order valence-corrected chi connectivity index (χ2v) is 9.40. The molecule has 0 saturated heterocycles. The van der Waals surface area contributed by atoms with Gasteiger partial charge in [0.25, 0.3) is 5.41 Å². The van der Waals surface area contributed by atoms with Crippen molar-refractivity contribution in [3.63, 3.8) is 0 Å². The lowest BCUT2D eigenvalue weighted by Gasteiger charge is -2.35. The van der Waals surface area contributed by atoms with Crippen molar-refractivity contribution in [1.82, 2.24) is 0 Å². The SMILES string of the molecule is CCOP(=O)(OCC)[C@@](F)(C(=O)c1ccccc1)[C@H](C[N+](=O)[O-])c1ccc(Br)cc1. The first-order valence-corrected chi connectivity index (χ1v) is 11.6. The van der Waals surface area contributed by atoms with Crippen molar-refractivity contribution in [2.75, 3.05) is 19.8 Å². The zero-order chi connectivity index (χ0) is 22.4. The summed E-state index contributed by atoms with van der Waals surface area (Å²) in [7, 11) is -4.78. The van der Waals surface area contributed by atoms with Gasteiger partial charge in [0.1, 0.15) is 5.92 Å². The molecule has 0 N–H and O–H groups in total. The van der Waals surface area contributed by atoms with Crippen LogP contribution in [0.15, 0.2) is 59.1 Å². The van der Waals surface area contributed by atoms with Gasteiger partial charge in [0.2, 0.25) is 12.3 Å². The highest BCUT2D eigenvalue weighted by atomic mass is 79.9. The molecule has 0 radical (unpaired) electrons. The Bertz CT molecular complexity index is 917. The van der Waals surface area contributed by atoms with Crippen molar-refractivity contribution in [1.29, 1.82) is 0 Å². The molecule has 2 aromatic rings. The van der Waals surface area contributed by atoms with Gasteiger partial charge < -0.3 is 9.05 Å². The molecule has 0 spiro atoms. The van der Waals surface area contributed by atoms with Crippen LogP contribution < -0.4 is 0 Å². The van der Waals surface area contributed by atoms with Crippen LogP contribution >= 0.6 is 23.5 Å². The number of hydrogen-bond acceptors (Lipinski definition) is 6. The Hall–Kier alpha value is -1.93. The number of benzene rings is 2. The Morgan fingerprint density at radius 2 is 1.67 bits per heavy atom. The molecule has 10 heteroatoms. The highest BCUT2D eigenvalue weighted by Gasteiger charge is 2.64. The molecule has 0 unspecified atom stereocenters. The molecule has 0 aromatic heterocycles. The quantitative estimate of drug-likeness (QED) is 0.171. The minimum Gasteiger partial charge on any atom is -0.306 e. The predicted molar refractivity (Wildman–Crippen MR) is 114 cm³/mol. The van der Waals surface area contributed by atoms with E-state index < -0.39 is 36.2 Å². The first-order valence-electron chi connectivity index (χ1n) is 9.24. The molecule has 162 valence electrons. The summed E-state index contributed by atoms with van der Waals surface area (Å²) in [5.74, 6) is -2.90. The molecule has 0 aliphatic heterocycles. The number of carbonyl (C=O) groups is 1. The van der Waals surface area contributed by atoms with Crippen molar-refractivity contribution in [3.05, 3.63) is 80.3 Å². The number of rotatable bonds is 11. The average Bonchev–Trinajstić information content (AvgIpc) is 2.72. The van der Waals surface area contributed by atoms with Crippen LogP contribution in [0.1, 0.15) is 35.7 Å². The summed E-state index contributed by atoms with van der Waals surface area (Å²) in [6, 6.07) is 13.4. The van der Waals surface area contributed by atoms with Gasteiger partial charge in [0.05, 0.1) is 13.2 Å². The molecule has 0 aliphatic carbocycles. The summed E-state index contributed by atoms with van der Waals surface area (Å²) < 4.78 is 41.6. The molecule has 0 aliphatic rings. The van der Waals surface area contributed by atoms with E-state index in [1.165, 1.54) is 50.2 Å². The summed E-state index contributed by atoms with van der Waals surface area (Å²) in [4.78, 5) is 24.1. The lowest BCUT2D eigenvalue weighted by atomic mass is 9.89. The Morgan fingerprint density at radius 1 is 1.13 bits per heavy atom. The Kier molecular flexibility index (Phi) is 8.43. The summed E-state index contributed by atoms with van der Waals surface area (Å²) in [5, 5.41) is 8.13. The average molecular weight is 502 g/mol. The second kappa shape index (κ2) is 10.4. The first kappa shape index (κ1) is 24.3. The van der Waals surface area contributed by atoms with E-state index in [1.54, 1.807) is 18.2 Å². The summed E-state index contributed by atoms with van der Waals surface area (Å²) in [6.45, 7) is 1.54. The van der Waals surface area contributed by atoms with E-state index in [-0.39, 0.29) is 24.3 Å². The third-order valence-corrected chi connectivity index (χ3v) is 7.45. The van der Waals surface area contributed by atoms with Gasteiger partial charge in [-0.05, 0) is 31.5 Å². The zero-order valence-corrected chi connectivity index (χ0v) is 19.0. The van der Waals surface area contributed by atoms with Gasteiger partial charge in [-0.3, -0.25) is 19.5 Å². The van der Waals surface area contributed by atoms with Crippen molar-refractivity contribution < 1.29 is 27.7 Å². The number of ketones is 1. The molecule has 2 atom stereocenters. The minimum absolute atomic E-state index is 0.0925. The zero-order valence-electron chi connectivity index (χ0n) is 16.5. The topological polar surface area (TPSA) is 95.7 Å². The Morgan fingerprint density at radius 3 is 2.13 bits per heavy atom. The third kappa shape index (κ3) is 5.03. The van der Waals surface area contributed by atoms with Crippen molar-refractivity contribution in [3.8, 4) is 0 Å². The number of alkyl halides is 1. The lowest BCUT2D eigenvalue weighted by Crippen LogP contribution is -2.44. The van der Waals surface area contributed by atoms with Crippen molar-refractivity contribution in [2.45, 2.75) is 25.2 Å². The van der Waals surface area contributed by atoms with Gasteiger partial charge in [-0.25, -0.2) is 4.39 Å². The van der Waals surface area contributed by atoms with Crippen LogP contribution in [0, 0.1) is 10.1 Å². The normalized spacial score (nSPS) is 14.7. The highest BCUT2D eigenvalue weighted by molar-refractivity contribution is 9.10. The van der Waals surface area contributed by atoms with E-state index in [1.807, 2.05) is 0 Å². The fourth-order valence-corrected chi connectivity index (χ4v) is 5.51. The molecule has 2 aromatic carbocycles. The highest BCUT2D eigenvalue weighted by Crippen LogP contribution is 2.66. The number of Topliss-reactive ketones (excluding diaryl/α,β-unsaturated/α-hetero) is 1. The molecular weight excluding hydrogens is 480 g/mol. The largest absolute Gasteiger partial charge is 0.376 e. The number of hydrogen-bond donors (Lipinski definition) is 0. The maximum atomic E-state index is 16.9. The van der Waals surface area contributed by atoms with Crippen LogP contribution in [0.5, 0.6) is 0 Å². The molecule has 0 fully saturated rings. The van der Waals surface area contributed by atoms with Crippen molar-refractivity contribution in [2.24, 2.45) is 0 Å². The fraction of sp³-hybridized carbons (Fsp3) is 0.350.